The molecule has 1 N–H and O–H groups in total. The molecule has 2 aromatic rings. The van der Waals surface area contributed by atoms with E-state index in [1.165, 1.54) is 30.9 Å². The first-order valence-corrected chi connectivity index (χ1v) is 11.0. The highest BCUT2D eigenvalue weighted by atomic mass is 79.9. The number of hydrogen-bond acceptors (Lipinski definition) is 3. The molecule has 3 nitrogen and oxygen atoms in total. The molecule has 0 aliphatic carbocycles. The normalized spacial score (nSPS) is 14.0. The number of nitrogens with one attached hydrogen (secondary N) is 1. The van der Waals surface area contributed by atoms with Gasteiger partial charge in [-0.25, -0.2) is 4.98 Å². The van der Waals surface area contributed by atoms with Crippen LogP contribution in [0.2, 0.25) is 0 Å². The fourth-order valence-electron chi connectivity index (χ4n) is 2.10. The highest BCUT2D eigenvalue weighted by molar-refractivity contribution is 9.10. The van der Waals surface area contributed by atoms with Gasteiger partial charge in [0.1, 0.15) is 5.82 Å². The molecule has 1 aromatic carbocycles. The van der Waals surface area contributed by atoms with Crippen LogP contribution in [0, 0.1) is 0 Å². The summed E-state index contributed by atoms with van der Waals surface area (Å²) >= 11 is 3.29. The van der Waals surface area contributed by atoms with Crippen molar-refractivity contribution < 1.29 is 17.4 Å². The van der Waals surface area contributed by atoms with Crippen LogP contribution >= 0.6 is 15.9 Å². The Bertz CT molecular complexity index is 819. The third-order valence-corrected chi connectivity index (χ3v) is 5.90. The van der Waals surface area contributed by atoms with E-state index in [2.05, 4.69) is 26.2 Å². The van der Waals surface area contributed by atoms with Gasteiger partial charge in [-0.3, -0.25) is 4.21 Å². The fourth-order valence-corrected chi connectivity index (χ4v) is 3.55. The summed E-state index contributed by atoms with van der Waals surface area (Å²) < 4.78 is 53.5. The van der Waals surface area contributed by atoms with Crippen LogP contribution in [0.4, 0.5) is 19.0 Å². The summed E-state index contributed by atoms with van der Waals surface area (Å²) in [6.45, 7) is -0.0474. The summed E-state index contributed by atoms with van der Waals surface area (Å²) in [4.78, 5) is 4.27. The Hall–Kier alpha value is -1.41. The molecule has 0 bridgehead atoms. The van der Waals surface area contributed by atoms with E-state index < -0.39 is 20.8 Å². The van der Waals surface area contributed by atoms with Crippen LogP contribution in [-0.4, -0.2) is 28.0 Å². The first-order chi connectivity index (χ1) is 10.8. The Morgan fingerprint density at radius 3 is 2.42 bits per heavy atom. The van der Waals surface area contributed by atoms with Crippen LogP contribution in [0.5, 0.6) is 0 Å². The van der Waals surface area contributed by atoms with E-state index in [1.54, 1.807) is 18.3 Å². The number of halogens is 4. The molecule has 0 saturated heterocycles. The number of anilines is 1. The Kier molecular flexibility index (Phi) is 4.85. The van der Waals surface area contributed by atoms with Crippen molar-refractivity contribution in [3.8, 4) is 0 Å². The van der Waals surface area contributed by atoms with Gasteiger partial charge in [0.15, 0.2) is 0 Å². The van der Waals surface area contributed by atoms with E-state index in [-0.39, 0.29) is 17.0 Å². The molecule has 132 valence electrons. The minimum absolute atomic E-state index is 0.0474. The summed E-state index contributed by atoms with van der Waals surface area (Å²) in [5, 5.41) is 2.88. The molecular formula is C16H18BrF3N2OS. The van der Waals surface area contributed by atoms with Gasteiger partial charge in [0.2, 0.25) is 0 Å². The van der Waals surface area contributed by atoms with Crippen molar-refractivity contribution in [1.29, 1.82) is 0 Å². The van der Waals surface area contributed by atoms with E-state index in [1.807, 2.05) is 0 Å². The van der Waals surface area contributed by atoms with Crippen LogP contribution in [0.1, 0.15) is 11.1 Å². The van der Waals surface area contributed by atoms with Gasteiger partial charge in [-0.05, 0) is 64.5 Å². The van der Waals surface area contributed by atoms with Crippen molar-refractivity contribution >= 4 is 30.8 Å². The molecule has 0 unspecified atom stereocenters. The minimum atomic E-state index is -4.53. The number of pyridine rings is 1. The zero-order valence-electron chi connectivity index (χ0n) is 13.4. The van der Waals surface area contributed by atoms with E-state index in [0.29, 0.717) is 10.3 Å². The van der Waals surface area contributed by atoms with Crippen molar-refractivity contribution in [3.63, 3.8) is 0 Å². The first-order valence-electron chi connectivity index (χ1n) is 6.98. The fraction of sp³-hybridized carbons (Fsp3) is 0.312. The summed E-state index contributed by atoms with van der Waals surface area (Å²) in [6, 6.07) is 7.31. The maximum absolute atomic E-state index is 13.4. The molecule has 0 saturated carbocycles. The average molecular weight is 423 g/mol. The third kappa shape index (κ3) is 4.57. The number of nitrogens with zero attached hydrogens (tertiary/aromatic N) is 1. The average Bonchev–Trinajstić information content (AvgIpc) is 2.43. The molecule has 0 amide bonds. The molecular weight excluding hydrogens is 405 g/mol. The predicted octanol–water partition coefficient (Wildman–Crippen LogP) is 4.54. The standard InChI is InChI=1S/C16H18BrF3N2OS/c1-24(2,3,23)12-7-6-11(13(9-12)16(18,19)20)10-22-15-14(17)5-4-8-21-15/h4-9H,10H2,1-3H3,(H,21,22). The van der Waals surface area contributed by atoms with Gasteiger partial charge in [0.05, 0.1) is 10.0 Å². The molecule has 1 heterocycles. The van der Waals surface area contributed by atoms with Gasteiger partial charge in [-0.2, -0.15) is 13.2 Å². The van der Waals surface area contributed by atoms with Gasteiger partial charge in [-0.1, -0.05) is 15.1 Å². The van der Waals surface area contributed by atoms with Crippen molar-refractivity contribution in [3.05, 3.63) is 52.1 Å². The molecule has 24 heavy (non-hydrogen) atoms. The van der Waals surface area contributed by atoms with Crippen LogP contribution in [0.3, 0.4) is 0 Å². The molecule has 0 aliphatic rings. The largest absolute Gasteiger partial charge is 0.416 e. The number of alkyl halides is 3. The smallest absolute Gasteiger partial charge is 0.365 e. The Labute approximate surface area is 147 Å². The third-order valence-electron chi connectivity index (χ3n) is 3.39. The van der Waals surface area contributed by atoms with Crippen molar-refractivity contribution in [2.24, 2.45) is 0 Å². The number of benzene rings is 1. The minimum Gasteiger partial charge on any atom is -0.365 e. The lowest BCUT2D eigenvalue weighted by Gasteiger charge is -2.30. The lowest BCUT2D eigenvalue weighted by Crippen LogP contribution is -2.28. The van der Waals surface area contributed by atoms with Gasteiger partial charge in [0.25, 0.3) is 0 Å². The molecule has 0 spiro atoms. The van der Waals surface area contributed by atoms with E-state index in [4.69, 9.17) is 0 Å². The predicted molar refractivity (Wildman–Crippen MR) is 94.9 cm³/mol. The molecule has 0 fully saturated rings. The molecule has 8 heteroatoms. The molecule has 2 rings (SSSR count). The summed E-state index contributed by atoms with van der Waals surface area (Å²) in [7, 11) is -3.27. The highest BCUT2D eigenvalue weighted by Crippen LogP contribution is 2.37. The molecule has 1 aromatic heterocycles. The number of hydrogen-bond donors (Lipinski definition) is 1. The molecule has 0 radical (unpaired) electrons. The molecule has 0 atom stereocenters. The van der Waals surface area contributed by atoms with E-state index in [0.717, 1.165) is 6.07 Å². The van der Waals surface area contributed by atoms with Crippen molar-refractivity contribution in [2.45, 2.75) is 17.6 Å². The SMILES string of the molecule is CS(C)(C)(=O)c1ccc(CNc2ncccc2Br)c(C(F)(F)F)c1. The van der Waals surface area contributed by atoms with Crippen LogP contribution in [0.25, 0.3) is 0 Å². The van der Waals surface area contributed by atoms with Crippen LogP contribution in [-0.2, 0) is 21.8 Å². The summed E-state index contributed by atoms with van der Waals surface area (Å²) in [5.41, 5.74) is -0.718. The second-order valence-corrected chi connectivity index (χ2v) is 12.6. The number of aromatic nitrogens is 1. The lowest BCUT2D eigenvalue weighted by atomic mass is 10.1. The van der Waals surface area contributed by atoms with Crippen molar-refractivity contribution in [1.82, 2.24) is 4.98 Å². The summed E-state index contributed by atoms with van der Waals surface area (Å²) in [6.07, 6.45) is 1.42. The van der Waals surface area contributed by atoms with Crippen LogP contribution in [0.15, 0.2) is 45.9 Å². The van der Waals surface area contributed by atoms with Gasteiger partial charge >= 0.3 is 6.18 Å². The van der Waals surface area contributed by atoms with Gasteiger partial charge in [0, 0.05) is 17.6 Å². The number of rotatable bonds is 4. The van der Waals surface area contributed by atoms with E-state index >= 15 is 0 Å². The monoisotopic (exact) mass is 422 g/mol. The maximum atomic E-state index is 13.4. The zero-order valence-corrected chi connectivity index (χ0v) is 15.8. The van der Waals surface area contributed by atoms with Crippen LogP contribution < -0.4 is 5.32 Å². The lowest BCUT2D eigenvalue weighted by molar-refractivity contribution is -0.138. The highest BCUT2D eigenvalue weighted by Gasteiger charge is 2.35. The zero-order chi connectivity index (χ0) is 18.2. The maximum Gasteiger partial charge on any atom is 0.416 e. The molecule has 0 aliphatic heterocycles. The summed E-state index contributed by atoms with van der Waals surface area (Å²) in [5.74, 6) is 0.457. The topological polar surface area (TPSA) is 42.0 Å². The second-order valence-electron chi connectivity index (χ2n) is 6.42. The van der Waals surface area contributed by atoms with Gasteiger partial charge in [-0.15, -0.1) is 0 Å². The Balaban J connectivity index is 2.40. The Morgan fingerprint density at radius 1 is 1.21 bits per heavy atom. The second kappa shape index (κ2) is 6.15. The van der Waals surface area contributed by atoms with Crippen molar-refractivity contribution in [2.75, 3.05) is 24.1 Å². The van der Waals surface area contributed by atoms with Gasteiger partial charge < -0.3 is 5.32 Å². The quantitative estimate of drug-likeness (QED) is 0.785. The Morgan fingerprint density at radius 2 is 1.88 bits per heavy atom. The van der Waals surface area contributed by atoms with E-state index in [9.17, 15) is 17.4 Å². The first kappa shape index (κ1) is 18.9.